The number of aryl methyl sites for hydroxylation is 1. The quantitative estimate of drug-likeness (QED) is 0.473. The van der Waals surface area contributed by atoms with E-state index in [-0.39, 0.29) is 28.3 Å². The van der Waals surface area contributed by atoms with Crippen molar-refractivity contribution in [2.45, 2.75) is 11.7 Å². The number of benzene rings is 1. The molecule has 1 aromatic carbocycles. The predicted molar refractivity (Wildman–Crippen MR) is 114 cm³/mol. The molecular weight excluding hydrogens is 477 g/mol. The Labute approximate surface area is 195 Å². The number of alkyl halides is 3. The van der Waals surface area contributed by atoms with E-state index in [0.29, 0.717) is 5.69 Å². The summed E-state index contributed by atoms with van der Waals surface area (Å²) in [7, 11) is 1.57. The molecule has 0 aliphatic carbocycles. The molecule has 176 valence electrons. The number of imide groups is 1. The van der Waals surface area contributed by atoms with Crippen molar-refractivity contribution in [2.75, 3.05) is 6.54 Å². The summed E-state index contributed by atoms with van der Waals surface area (Å²) in [5.41, 5.74) is -1.98. The summed E-state index contributed by atoms with van der Waals surface area (Å²) in [6.07, 6.45) is -2.21. The highest BCUT2D eigenvalue weighted by Crippen LogP contribution is 2.34. The number of nitrogens with one attached hydrogen (secondary N) is 3. The van der Waals surface area contributed by atoms with Crippen molar-refractivity contribution >= 4 is 29.4 Å². The van der Waals surface area contributed by atoms with Gasteiger partial charge in [-0.1, -0.05) is 23.7 Å². The molecule has 9 nitrogen and oxygen atoms in total. The molecule has 1 fully saturated rings. The van der Waals surface area contributed by atoms with Crippen molar-refractivity contribution < 1.29 is 27.6 Å². The van der Waals surface area contributed by atoms with Crippen LogP contribution >= 0.6 is 11.6 Å². The second kappa shape index (κ2) is 8.45. The highest BCUT2D eigenvalue weighted by atomic mass is 35.5. The average Bonchev–Trinajstić information content (AvgIpc) is 3.33. The van der Waals surface area contributed by atoms with Crippen LogP contribution in [-0.2, 0) is 23.6 Å². The van der Waals surface area contributed by atoms with Gasteiger partial charge in [0.15, 0.2) is 5.54 Å². The van der Waals surface area contributed by atoms with Crippen LogP contribution in [0.25, 0.3) is 11.1 Å². The largest absolute Gasteiger partial charge is 0.433 e. The molecule has 3 aromatic rings. The Kier molecular flexibility index (Phi) is 5.77. The van der Waals surface area contributed by atoms with Crippen LogP contribution in [0.15, 0.2) is 48.8 Å². The summed E-state index contributed by atoms with van der Waals surface area (Å²) in [6, 6.07) is 7.14. The van der Waals surface area contributed by atoms with E-state index < -0.39 is 35.3 Å². The van der Waals surface area contributed by atoms with Crippen LogP contribution in [-0.4, -0.2) is 39.2 Å². The van der Waals surface area contributed by atoms with Crippen LogP contribution in [0.2, 0.25) is 5.02 Å². The Morgan fingerprint density at radius 2 is 1.97 bits per heavy atom. The molecule has 1 aliphatic rings. The van der Waals surface area contributed by atoms with Crippen molar-refractivity contribution in [3.8, 4) is 11.1 Å². The first kappa shape index (κ1) is 23.2. The van der Waals surface area contributed by atoms with Crippen molar-refractivity contribution in [1.82, 2.24) is 30.7 Å². The van der Waals surface area contributed by atoms with Gasteiger partial charge in [0.05, 0.1) is 12.2 Å². The third kappa shape index (κ3) is 4.07. The number of aromatic nitrogens is 3. The van der Waals surface area contributed by atoms with Gasteiger partial charge in [0.2, 0.25) is 0 Å². The van der Waals surface area contributed by atoms with Crippen LogP contribution in [0.1, 0.15) is 21.7 Å². The molecule has 0 spiro atoms. The van der Waals surface area contributed by atoms with Crippen LogP contribution in [0.3, 0.4) is 0 Å². The second-order valence-electron chi connectivity index (χ2n) is 7.43. The Balaban J connectivity index is 1.66. The molecule has 13 heteroatoms. The predicted octanol–water partition coefficient (Wildman–Crippen LogP) is 2.62. The van der Waals surface area contributed by atoms with Crippen molar-refractivity contribution in [1.29, 1.82) is 0 Å². The zero-order chi connectivity index (χ0) is 24.7. The summed E-state index contributed by atoms with van der Waals surface area (Å²) in [6.45, 7) is -0.333. The number of halogens is 4. The highest BCUT2D eigenvalue weighted by Gasteiger charge is 2.50. The Morgan fingerprint density at radius 1 is 1.21 bits per heavy atom. The maximum Gasteiger partial charge on any atom is 0.433 e. The average molecular weight is 493 g/mol. The van der Waals surface area contributed by atoms with Gasteiger partial charge in [-0.2, -0.15) is 18.3 Å². The molecule has 1 aliphatic heterocycles. The third-order valence-electron chi connectivity index (χ3n) is 5.31. The lowest BCUT2D eigenvalue weighted by Crippen LogP contribution is -2.53. The number of pyridine rings is 1. The lowest BCUT2D eigenvalue weighted by atomic mass is 9.94. The third-order valence-corrected chi connectivity index (χ3v) is 5.63. The smallest absolute Gasteiger partial charge is 0.349 e. The van der Waals surface area contributed by atoms with Gasteiger partial charge < -0.3 is 10.6 Å². The van der Waals surface area contributed by atoms with Gasteiger partial charge in [-0.25, -0.2) is 4.79 Å². The number of carbonyl (C=O) groups excluding carboxylic acids is 3. The minimum atomic E-state index is -4.62. The van der Waals surface area contributed by atoms with Gasteiger partial charge in [0.25, 0.3) is 11.8 Å². The molecule has 2 aromatic heterocycles. The molecule has 4 amide bonds. The first-order valence-electron chi connectivity index (χ1n) is 9.75. The van der Waals surface area contributed by atoms with E-state index in [1.54, 1.807) is 7.05 Å². The van der Waals surface area contributed by atoms with E-state index in [0.717, 1.165) is 18.3 Å². The molecule has 1 saturated heterocycles. The number of urea groups is 1. The standard InChI is InChI=1S/C21H16ClF3N6O3/c1-31-15(7-8-28-31)20(18(33)29-19(34)30-20)10-27-17(32)12-3-2-4-13(22)16(12)11-5-6-14(26-9-11)21(23,24)25/h2-9H,10H2,1H3,(H,27,32)(H2,29,30,33,34). The number of rotatable bonds is 5. The van der Waals surface area contributed by atoms with Gasteiger partial charge in [0.1, 0.15) is 5.69 Å². The molecule has 0 radical (unpaired) electrons. The number of hydrogen-bond donors (Lipinski definition) is 3. The van der Waals surface area contributed by atoms with Gasteiger partial charge in [-0.05, 0) is 24.3 Å². The topological polar surface area (TPSA) is 118 Å². The first-order chi connectivity index (χ1) is 16.0. The molecular formula is C21H16ClF3N6O3. The summed E-state index contributed by atoms with van der Waals surface area (Å²) < 4.78 is 40.0. The molecule has 3 N–H and O–H groups in total. The summed E-state index contributed by atoms with van der Waals surface area (Å²) in [5, 5.41) is 11.4. The fraction of sp³-hybridized carbons (Fsp3) is 0.190. The van der Waals surface area contributed by atoms with E-state index in [2.05, 4.69) is 26.0 Å². The molecule has 1 atom stereocenters. The zero-order valence-electron chi connectivity index (χ0n) is 17.4. The monoisotopic (exact) mass is 492 g/mol. The summed E-state index contributed by atoms with van der Waals surface area (Å²) in [4.78, 5) is 41.1. The Bertz CT molecular complexity index is 1290. The van der Waals surface area contributed by atoms with E-state index in [9.17, 15) is 27.6 Å². The van der Waals surface area contributed by atoms with Crippen LogP contribution in [0.4, 0.5) is 18.0 Å². The van der Waals surface area contributed by atoms with E-state index in [1.807, 2.05) is 0 Å². The van der Waals surface area contributed by atoms with Crippen molar-refractivity contribution in [3.63, 3.8) is 0 Å². The van der Waals surface area contributed by atoms with Crippen LogP contribution in [0, 0.1) is 0 Å². The molecule has 0 bridgehead atoms. The Morgan fingerprint density at radius 3 is 2.53 bits per heavy atom. The number of hydrogen-bond acceptors (Lipinski definition) is 5. The Hall–Kier alpha value is -3.93. The molecule has 4 rings (SSSR count). The van der Waals surface area contributed by atoms with Gasteiger partial charge in [0, 0.05) is 41.2 Å². The zero-order valence-corrected chi connectivity index (χ0v) is 18.2. The first-order valence-corrected chi connectivity index (χ1v) is 10.1. The van der Waals surface area contributed by atoms with Crippen molar-refractivity contribution in [2.24, 2.45) is 7.05 Å². The van der Waals surface area contributed by atoms with Gasteiger partial charge in [-0.3, -0.25) is 24.6 Å². The maximum atomic E-state index is 13.1. The normalized spacial score (nSPS) is 17.9. The highest BCUT2D eigenvalue weighted by molar-refractivity contribution is 6.34. The SMILES string of the molecule is Cn1nccc1C1(CNC(=O)c2cccc(Cl)c2-c2ccc(C(F)(F)F)nc2)NC(=O)NC1=O. The van der Waals surface area contributed by atoms with Crippen LogP contribution < -0.4 is 16.0 Å². The van der Waals surface area contributed by atoms with Gasteiger partial charge >= 0.3 is 12.2 Å². The molecule has 3 heterocycles. The fourth-order valence-corrected chi connectivity index (χ4v) is 3.99. The van der Waals surface area contributed by atoms with E-state index in [1.165, 1.54) is 35.1 Å². The lowest BCUT2D eigenvalue weighted by molar-refractivity contribution is -0.141. The van der Waals surface area contributed by atoms with Gasteiger partial charge in [-0.15, -0.1) is 0 Å². The van der Waals surface area contributed by atoms with E-state index >= 15 is 0 Å². The number of amides is 4. The fourth-order valence-electron chi connectivity index (χ4n) is 3.70. The second-order valence-corrected chi connectivity index (χ2v) is 7.84. The number of carbonyl (C=O) groups is 3. The minimum Gasteiger partial charge on any atom is -0.349 e. The molecule has 34 heavy (non-hydrogen) atoms. The minimum absolute atomic E-state index is 0.0407. The van der Waals surface area contributed by atoms with Crippen molar-refractivity contribution in [3.05, 3.63) is 70.8 Å². The van der Waals surface area contributed by atoms with Crippen LogP contribution in [0.5, 0.6) is 0 Å². The number of nitrogens with zero attached hydrogens (tertiary/aromatic N) is 3. The summed E-state index contributed by atoms with van der Waals surface area (Å²) >= 11 is 6.27. The molecule has 0 saturated carbocycles. The lowest BCUT2D eigenvalue weighted by Gasteiger charge is -2.26. The summed E-state index contributed by atoms with van der Waals surface area (Å²) in [5.74, 6) is -1.35. The maximum absolute atomic E-state index is 13.1. The van der Waals surface area contributed by atoms with E-state index in [4.69, 9.17) is 11.6 Å². The molecule has 1 unspecified atom stereocenters.